The zero-order valence-corrected chi connectivity index (χ0v) is 17.7. The van der Waals surface area contributed by atoms with Gasteiger partial charge in [-0.15, -0.1) is 0 Å². The number of thiazole rings is 1. The maximum Gasteiger partial charge on any atom is 0.416 e. The lowest BCUT2D eigenvalue weighted by molar-refractivity contribution is -0.137. The first-order valence-electron chi connectivity index (χ1n) is 8.72. The van der Waals surface area contributed by atoms with Crippen molar-refractivity contribution in [1.29, 1.82) is 0 Å². The topological polar surface area (TPSA) is 50.7 Å². The largest absolute Gasteiger partial charge is 0.416 e. The van der Waals surface area contributed by atoms with Crippen LogP contribution in [0.5, 0.6) is 0 Å². The Bertz CT molecular complexity index is 1200. The SMILES string of the molecule is Cc1nc(Nc2ccc(C(F)(F)F)cc2)c2nc(Cc3c(Cl)cccc3Cl)sc2n1. The highest BCUT2D eigenvalue weighted by atomic mass is 35.5. The van der Waals surface area contributed by atoms with Crippen LogP contribution >= 0.6 is 34.5 Å². The van der Waals surface area contributed by atoms with Gasteiger partial charge in [0, 0.05) is 22.2 Å². The molecule has 0 atom stereocenters. The summed E-state index contributed by atoms with van der Waals surface area (Å²) < 4.78 is 38.3. The molecule has 10 heteroatoms. The molecule has 0 radical (unpaired) electrons. The zero-order valence-electron chi connectivity index (χ0n) is 15.4. The summed E-state index contributed by atoms with van der Waals surface area (Å²) in [7, 11) is 0. The number of alkyl halides is 3. The van der Waals surface area contributed by atoms with E-state index in [1.807, 2.05) is 0 Å². The van der Waals surface area contributed by atoms with Crippen LogP contribution in [0.25, 0.3) is 10.3 Å². The van der Waals surface area contributed by atoms with Crippen molar-refractivity contribution < 1.29 is 13.2 Å². The molecule has 0 saturated heterocycles. The molecule has 0 aliphatic heterocycles. The molecular formula is C20H13Cl2F3N4S. The fourth-order valence-electron chi connectivity index (χ4n) is 2.87. The van der Waals surface area contributed by atoms with Crippen LogP contribution < -0.4 is 5.32 Å². The molecule has 1 N–H and O–H groups in total. The van der Waals surface area contributed by atoms with Crippen molar-refractivity contribution in [2.24, 2.45) is 0 Å². The Kier molecular flexibility index (Phi) is 5.57. The number of nitrogens with one attached hydrogen (secondary N) is 1. The van der Waals surface area contributed by atoms with Gasteiger partial charge in [-0.2, -0.15) is 13.2 Å². The van der Waals surface area contributed by atoms with Gasteiger partial charge in [0.15, 0.2) is 5.82 Å². The summed E-state index contributed by atoms with van der Waals surface area (Å²) in [5.41, 5.74) is 1.04. The van der Waals surface area contributed by atoms with Gasteiger partial charge in [0.25, 0.3) is 0 Å². The highest BCUT2D eigenvalue weighted by molar-refractivity contribution is 7.18. The molecule has 0 aliphatic rings. The van der Waals surface area contributed by atoms with Crippen molar-refractivity contribution in [3.8, 4) is 0 Å². The third-order valence-electron chi connectivity index (χ3n) is 4.28. The lowest BCUT2D eigenvalue weighted by atomic mass is 10.1. The van der Waals surface area contributed by atoms with E-state index in [0.717, 1.165) is 22.7 Å². The Morgan fingerprint density at radius 2 is 1.63 bits per heavy atom. The number of fused-ring (bicyclic) bond motifs is 1. The van der Waals surface area contributed by atoms with E-state index in [-0.39, 0.29) is 0 Å². The summed E-state index contributed by atoms with van der Waals surface area (Å²) in [5, 5.41) is 4.88. The number of anilines is 2. The summed E-state index contributed by atoms with van der Waals surface area (Å²) in [5.74, 6) is 0.938. The van der Waals surface area contributed by atoms with Gasteiger partial charge in [0.1, 0.15) is 21.2 Å². The number of rotatable bonds is 4. The minimum Gasteiger partial charge on any atom is -0.338 e. The van der Waals surface area contributed by atoms with Gasteiger partial charge in [-0.3, -0.25) is 0 Å². The van der Waals surface area contributed by atoms with Crippen LogP contribution in [0.2, 0.25) is 10.0 Å². The Balaban J connectivity index is 1.67. The molecular weight excluding hydrogens is 456 g/mol. The molecule has 0 aliphatic carbocycles. The maximum absolute atomic E-state index is 12.8. The standard InChI is InChI=1S/C20H13Cl2F3N4S/c1-10-26-18(28-12-7-5-11(6-8-12)20(23,24)25)17-19(27-10)30-16(29-17)9-13-14(21)3-2-4-15(13)22/h2-8H,9H2,1H3,(H,26,27,28). The molecule has 154 valence electrons. The van der Waals surface area contributed by atoms with E-state index < -0.39 is 11.7 Å². The molecule has 2 heterocycles. The van der Waals surface area contributed by atoms with Crippen LogP contribution in [0, 0.1) is 6.92 Å². The molecule has 0 amide bonds. The third-order valence-corrected chi connectivity index (χ3v) is 5.94. The average molecular weight is 469 g/mol. The van der Waals surface area contributed by atoms with Gasteiger partial charge < -0.3 is 5.32 Å². The van der Waals surface area contributed by atoms with Gasteiger partial charge in [-0.05, 0) is 48.9 Å². The van der Waals surface area contributed by atoms with E-state index in [0.29, 0.717) is 44.1 Å². The second kappa shape index (κ2) is 8.02. The minimum absolute atomic E-state index is 0.421. The number of hydrogen-bond acceptors (Lipinski definition) is 5. The first-order valence-corrected chi connectivity index (χ1v) is 10.3. The summed E-state index contributed by atoms with van der Waals surface area (Å²) in [6.45, 7) is 1.74. The van der Waals surface area contributed by atoms with E-state index in [1.54, 1.807) is 25.1 Å². The Hall–Kier alpha value is -2.42. The van der Waals surface area contributed by atoms with Gasteiger partial charge >= 0.3 is 6.18 Å². The molecule has 0 spiro atoms. The van der Waals surface area contributed by atoms with Crippen molar-refractivity contribution in [2.45, 2.75) is 19.5 Å². The smallest absolute Gasteiger partial charge is 0.338 e. The fourth-order valence-corrected chi connectivity index (χ4v) is 4.39. The van der Waals surface area contributed by atoms with E-state index in [1.165, 1.54) is 23.5 Å². The van der Waals surface area contributed by atoms with E-state index in [4.69, 9.17) is 23.2 Å². The van der Waals surface area contributed by atoms with E-state index in [2.05, 4.69) is 20.3 Å². The number of halogens is 5. The number of benzene rings is 2. The summed E-state index contributed by atoms with van der Waals surface area (Å²) in [6.07, 6.45) is -3.96. The predicted molar refractivity (Wildman–Crippen MR) is 114 cm³/mol. The third kappa shape index (κ3) is 4.35. The van der Waals surface area contributed by atoms with Crippen LogP contribution in [0.1, 0.15) is 22.0 Å². The second-order valence-corrected chi connectivity index (χ2v) is 8.33. The van der Waals surface area contributed by atoms with Crippen molar-refractivity contribution in [2.75, 3.05) is 5.32 Å². The highest BCUT2D eigenvalue weighted by Gasteiger charge is 2.30. The van der Waals surface area contributed by atoms with Crippen molar-refractivity contribution in [3.05, 3.63) is 74.5 Å². The number of aryl methyl sites for hydroxylation is 1. The molecule has 30 heavy (non-hydrogen) atoms. The van der Waals surface area contributed by atoms with Crippen LogP contribution in [0.15, 0.2) is 42.5 Å². The minimum atomic E-state index is -4.39. The molecule has 4 nitrogen and oxygen atoms in total. The maximum atomic E-state index is 12.8. The van der Waals surface area contributed by atoms with Gasteiger partial charge in [0.2, 0.25) is 0 Å². The molecule has 0 bridgehead atoms. The van der Waals surface area contributed by atoms with Crippen LogP contribution in [0.4, 0.5) is 24.7 Å². The van der Waals surface area contributed by atoms with Gasteiger partial charge in [-0.1, -0.05) is 40.6 Å². The van der Waals surface area contributed by atoms with Crippen molar-refractivity contribution in [3.63, 3.8) is 0 Å². The van der Waals surface area contributed by atoms with Gasteiger partial charge in [-0.25, -0.2) is 15.0 Å². The summed E-state index contributed by atoms with van der Waals surface area (Å²) in [4.78, 5) is 14.1. The van der Waals surface area contributed by atoms with E-state index >= 15 is 0 Å². The highest BCUT2D eigenvalue weighted by Crippen LogP contribution is 2.33. The molecule has 2 aromatic carbocycles. The predicted octanol–water partition coefficient (Wildman–Crippen LogP) is 7.05. The zero-order chi connectivity index (χ0) is 21.5. The van der Waals surface area contributed by atoms with Crippen molar-refractivity contribution >= 4 is 56.4 Å². The molecule has 0 unspecified atom stereocenters. The fraction of sp³-hybridized carbons (Fsp3) is 0.150. The average Bonchev–Trinajstić information content (AvgIpc) is 3.07. The van der Waals surface area contributed by atoms with E-state index in [9.17, 15) is 13.2 Å². The Morgan fingerprint density at radius 3 is 2.27 bits per heavy atom. The molecule has 0 fully saturated rings. The lowest BCUT2D eigenvalue weighted by Crippen LogP contribution is -2.05. The van der Waals surface area contributed by atoms with Crippen LogP contribution in [-0.4, -0.2) is 15.0 Å². The molecule has 4 rings (SSSR count). The number of aromatic nitrogens is 3. The molecule has 0 saturated carbocycles. The first kappa shape index (κ1) is 20.8. The van der Waals surface area contributed by atoms with Crippen LogP contribution in [-0.2, 0) is 12.6 Å². The quantitative estimate of drug-likeness (QED) is 0.348. The second-order valence-electron chi connectivity index (χ2n) is 6.46. The molecule has 2 aromatic heterocycles. The van der Waals surface area contributed by atoms with Crippen LogP contribution in [0.3, 0.4) is 0 Å². The van der Waals surface area contributed by atoms with Gasteiger partial charge in [0.05, 0.1) is 5.56 Å². The number of nitrogens with zero attached hydrogens (tertiary/aromatic N) is 3. The monoisotopic (exact) mass is 468 g/mol. The van der Waals surface area contributed by atoms with Crippen molar-refractivity contribution in [1.82, 2.24) is 15.0 Å². The lowest BCUT2D eigenvalue weighted by Gasteiger charge is -2.09. The summed E-state index contributed by atoms with van der Waals surface area (Å²) >= 11 is 13.9. The first-order chi connectivity index (χ1) is 14.2. The molecule has 4 aromatic rings. The Labute approximate surface area is 183 Å². The summed E-state index contributed by atoms with van der Waals surface area (Å²) in [6, 6.07) is 10.0. The normalized spacial score (nSPS) is 11.8. The number of hydrogen-bond donors (Lipinski definition) is 1. The Morgan fingerprint density at radius 1 is 0.967 bits per heavy atom.